The number of rotatable bonds is 7. The van der Waals surface area contributed by atoms with E-state index in [0.717, 1.165) is 11.3 Å². The summed E-state index contributed by atoms with van der Waals surface area (Å²) in [6, 6.07) is 14.3. The van der Waals surface area contributed by atoms with Crippen LogP contribution in [-0.4, -0.2) is 19.1 Å². The van der Waals surface area contributed by atoms with Crippen molar-refractivity contribution in [2.24, 2.45) is 0 Å². The lowest BCUT2D eigenvalue weighted by Gasteiger charge is -2.09. The van der Waals surface area contributed by atoms with Gasteiger partial charge >= 0.3 is 0 Å². The topological polar surface area (TPSA) is 47.6 Å². The molecule has 1 amide bonds. The molecule has 0 spiro atoms. The van der Waals surface area contributed by atoms with E-state index in [1.165, 1.54) is 0 Å². The zero-order valence-corrected chi connectivity index (χ0v) is 13.5. The summed E-state index contributed by atoms with van der Waals surface area (Å²) in [5.74, 6) is 1.27. The molecule has 0 aliphatic rings. The molecule has 0 fully saturated rings. The van der Waals surface area contributed by atoms with Gasteiger partial charge in [0.15, 0.2) is 0 Å². The summed E-state index contributed by atoms with van der Waals surface area (Å²) >= 11 is 0. The molecule has 23 heavy (non-hydrogen) atoms. The Balaban J connectivity index is 2.00. The van der Waals surface area contributed by atoms with Crippen molar-refractivity contribution in [2.75, 3.05) is 18.5 Å². The van der Waals surface area contributed by atoms with Crippen LogP contribution in [0.5, 0.6) is 11.5 Å². The smallest absolute Gasteiger partial charge is 0.255 e. The average molecular weight is 311 g/mol. The summed E-state index contributed by atoms with van der Waals surface area (Å²) < 4.78 is 10.9. The van der Waals surface area contributed by atoms with Crippen LogP contribution in [0.15, 0.2) is 60.7 Å². The van der Waals surface area contributed by atoms with E-state index in [0.29, 0.717) is 30.2 Å². The molecule has 0 heterocycles. The highest BCUT2D eigenvalue weighted by molar-refractivity contribution is 6.04. The molecule has 4 heteroatoms. The first-order valence-corrected chi connectivity index (χ1v) is 7.50. The predicted octanol–water partition coefficient (Wildman–Crippen LogP) is 4.29. The van der Waals surface area contributed by atoms with E-state index in [2.05, 4.69) is 11.9 Å². The Bertz CT molecular complexity index is 677. The number of benzene rings is 2. The van der Waals surface area contributed by atoms with Gasteiger partial charge in [-0.3, -0.25) is 4.79 Å². The number of carbonyl (C=O) groups excluding carboxylic acids is 1. The zero-order valence-electron chi connectivity index (χ0n) is 13.5. The van der Waals surface area contributed by atoms with Gasteiger partial charge in [0.05, 0.1) is 6.61 Å². The Morgan fingerprint density at radius 2 is 1.83 bits per heavy atom. The predicted molar refractivity (Wildman–Crippen MR) is 92.3 cm³/mol. The lowest BCUT2D eigenvalue weighted by Crippen LogP contribution is -2.11. The van der Waals surface area contributed by atoms with E-state index in [4.69, 9.17) is 9.47 Å². The zero-order chi connectivity index (χ0) is 16.7. The molecule has 0 radical (unpaired) electrons. The third kappa shape index (κ3) is 5.18. The van der Waals surface area contributed by atoms with Crippen LogP contribution in [0.25, 0.3) is 0 Å². The minimum Gasteiger partial charge on any atom is -0.494 e. The van der Waals surface area contributed by atoms with Gasteiger partial charge in [-0.2, -0.15) is 0 Å². The quantitative estimate of drug-likeness (QED) is 0.776. The van der Waals surface area contributed by atoms with Gasteiger partial charge in [0.1, 0.15) is 18.1 Å². The lowest BCUT2D eigenvalue weighted by atomic mass is 10.2. The largest absolute Gasteiger partial charge is 0.494 e. The SMILES string of the molecule is C=C(C)COc1ccc(C(=O)Nc2cccc(OCC)c2)cc1. The van der Waals surface area contributed by atoms with Crippen molar-refractivity contribution in [1.82, 2.24) is 0 Å². The molecule has 120 valence electrons. The summed E-state index contributed by atoms with van der Waals surface area (Å²) in [5.41, 5.74) is 2.21. The maximum absolute atomic E-state index is 12.3. The fraction of sp³-hybridized carbons (Fsp3) is 0.211. The Labute approximate surface area is 136 Å². The van der Waals surface area contributed by atoms with Crippen molar-refractivity contribution in [2.45, 2.75) is 13.8 Å². The minimum absolute atomic E-state index is 0.176. The fourth-order valence-electron chi connectivity index (χ4n) is 1.94. The standard InChI is InChI=1S/C19H21NO3/c1-4-22-18-7-5-6-16(12-18)20-19(21)15-8-10-17(11-9-15)23-13-14(2)3/h5-12H,2,4,13H2,1,3H3,(H,20,21). The van der Waals surface area contributed by atoms with Gasteiger partial charge in [0, 0.05) is 17.3 Å². The van der Waals surface area contributed by atoms with Crippen molar-refractivity contribution in [3.8, 4) is 11.5 Å². The van der Waals surface area contributed by atoms with Gasteiger partial charge in [-0.25, -0.2) is 0 Å². The maximum Gasteiger partial charge on any atom is 0.255 e. The van der Waals surface area contributed by atoms with E-state index in [1.807, 2.05) is 32.0 Å². The fourth-order valence-corrected chi connectivity index (χ4v) is 1.94. The number of nitrogens with one attached hydrogen (secondary N) is 1. The first-order chi connectivity index (χ1) is 11.1. The number of amides is 1. The van der Waals surface area contributed by atoms with E-state index >= 15 is 0 Å². The molecular formula is C19H21NO3. The molecule has 1 N–H and O–H groups in total. The highest BCUT2D eigenvalue weighted by Gasteiger charge is 2.07. The molecule has 0 aromatic heterocycles. The van der Waals surface area contributed by atoms with Gasteiger partial charge in [0.2, 0.25) is 0 Å². The Morgan fingerprint density at radius 1 is 1.09 bits per heavy atom. The summed E-state index contributed by atoms with van der Waals surface area (Å²) in [7, 11) is 0. The third-order valence-corrected chi connectivity index (χ3v) is 3.00. The molecule has 0 bridgehead atoms. The monoisotopic (exact) mass is 311 g/mol. The first-order valence-electron chi connectivity index (χ1n) is 7.50. The van der Waals surface area contributed by atoms with Crippen molar-refractivity contribution in [3.63, 3.8) is 0 Å². The number of carbonyl (C=O) groups is 1. The highest BCUT2D eigenvalue weighted by atomic mass is 16.5. The van der Waals surface area contributed by atoms with Crippen molar-refractivity contribution in [1.29, 1.82) is 0 Å². The van der Waals surface area contributed by atoms with Crippen molar-refractivity contribution in [3.05, 3.63) is 66.2 Å². The summed E-state index contributed by atoms with van der Waals surface area (Å²) in [4.78, 5) is 12.3. The molecule has 0 saturated heterocycles. The van der Waals surface area contributed by atoms with Crippen LogP contribution in [-0.2, 0) is 0 Å². The highest BCUT2D eigenvalue weighted by Crippen LogP contribution is 2.19. The second kappa shape index (κ2) is 8.03. The molecule has 2 aromatic rings. The van der Waals surface area contributed by atoms with E-state index in [1.54, 1.807) is 30.3 Å². The van der Waals surface area contributed by atoms with Crippen LogP contribution in [0.2, 0.25) is 0 Å². The van der Waals surface area contributed by atoms with Crippen molar-refractivity contribution >= 4 is 11.6 Å². The van der Waals surface area contributed by atoms with E-state index in [-0.39, 0.29) is 5.91 Å². The van der Waals surface area contributed by atoms with Gasteiger partial charge in [-0.1, -0.05) is 12.6 Å². The Morgan fingerprint density at radius 3 is 2.48 bits per heavy atom. The number of ether oxygens (including phenoxy) is 2. The number of hydrogen-bond acceptors (Lipinski definition) is 3. The summed E-state index contributed by atoms with van der Waals surface area (Å²) in [5, 5.41) is 2.85. The molecule has 4 nitrogen and oxygen atoms in total. The number of anilines is 1. The molecule has 2 aromatic carbocycles. The summed E-state index contributed by atoms with van der Waals surface area (Å²) in [6.07, 6.45) is 0. The van der Waals surface area contributed by atoms with Crippen LogP contribution in [0.3, 0.4) is 0 Å². The third-order valence-electron chi connectivity index (χ3n) is 3.00. The average Bonchev–Trinajstić information content (AvgIpc) is 2.54. The van der Waals surface area contributed by atoms with Crippen LogP contribution >= 0.6 is 0 Å². The van der Waals surface area contributed by atoms with E-state index < -0.39 is 0 Å². The molecule has 0 aliphatic carbocycles. The van der Waals surface area contributed by atoms with Crippen molar-refractivity contribution < 1.29 is 14.3 Å². The van der Waals surface area contributed by atoms with Crippen LogP contribution in [0, 0.1) is 0 Å². The van der Waals surface area contributed by atoms with Crippen LogP contribution in [0.4, 0.5) is 5.69 Å². The molecule has 0 saturated carbocycles. The number of hydrogen-bond donors (Lipinski definition) is 1. The molecular weight excluding hydrogens is 290 g/mol. The Kier molecular flexibility index (Phi) is 5.80. The second-order valence-electron chi connectivity index (χ2n) is 5.19. The van der Waals surface area contributed by atoms with Gasteiger partial charge < -0.3 is 14.8 Å². The molecule has 0 atom stereocenters. The maximum atomic E-state index is 12.3. The summed E-state index contributed by atoms with van der Waals surface area (Å²) in [6.45, 7) is 8.66. The van der Waals surface area contributed by atoms with Gasteiger partial charge in [-0.05, 0) is 55.8 Å². The van der Waals surface area contributed by atoms with Gasteiger partial charge in [-0.15, -0.1) is 0 Å². The minimum atomic E-state index is -0.176. The molecule has 2 rings (SSSR count). The Hall–Kier alpha value is -2.75. The molecule has 0 unspecified atom stereocenters. The van der Waals surface area contributed by atoms with Gasteiger partial charge in [0.25, 0.3) is 5.91 Å². The van der Waals surface area contributed by atoms with Crippen LogP contribution < -0.4 is 14.8 Å². The lowest BCUT2D eigenvalue weighted by molar-refractivity contribution is 0.102. The first kappa shape index (κ1) is 16.6. The van der Waals surface area contributed by atoms with Crippen LogP contribution in [0.1, 0.15) is 24.2 Å². The second-order valence-corrected chi connectivity index (χ2v) is 5.19. The van der Waals surface area contributed by atoms with E-state index in [9.17, 15) is 4.79 Å². The molecule has 0 aliphatic heterocycles. The normalized spacial score (nSPS) is 10.0.